The molecule has 2 aromatic carbocycles. The lowest BCUT2D eigenvalue weighted by Gasteiger charge is -2.22. The number of primary amides is 1. The molecular weight excluding hydrogens is 670 g/mol. The van der Waals surface area contributed by atoms with E-state index in [1.807, 2.05) is 35.8 Å². The highest BCUT2D eigenvalue weighted by Gasteiger charge is 2.13. The molecule has 4 rings (SSSR count). The first-order chi connectivity index (χ1) is 20.0. The van der Waals surface area contributed by atoms with Crippen molar-refractivity contribution >= 4 is 55.4 Å². The SMILES string of the molecule is CCN(Cc1cc(Br)ccc1O)c1ccc(C(=O)O)cn1.CCN(Cc1cc(Br)ccc1O)c1ccc(C(N)=O)cn1. The van der Waals surface area contributed by atoms with Gasteiger partial charge in [0.1, 0.15) is 23.1 Å². The van der Waals surface area contributed by atoms with Crippen molar-refractivity contribution in [3.63, 3.8) is 0 Å². The lowest BCUT2D eigenvalue weighted by molar-refractivity contribution is 0.0696. The van der Waals surface area contributed by atoms with Gasteiger partial charge in [-0.15, -0.1) is 0 Å². The summed E-state index contributed by atoms with van der Waals surface area (Å²) in [5, 5.41) is 28.7. The zero-order valence-corrected chi connectivity index (χ0v) is 26.2. The van der Waals surface area contributed by atoms with Gasteiger partial charge in [0.2, 0.25) is 5.91 Å². The molecule has 5 N–H and O–H groups in total. The Hall–Kier alpha value is -4.16. The fourth-order valence-electron chi connectivity index (χ4n) is 3.90. The van der Waals surface area contributed by atoms with Crippen molar-refractivity contribution in [2.24, 2.45) is 5.73 Å². The first-order valence-electron chi connectivity index (χ1n) is 12.9. The molecule has 0 radical (unpaired) electrons. The Bertz CT molecular complexity index is 1400. The molecule has 1 amide bonds. The van der Waals surface area contributed by atoms with Crippen molar-refractivity contribution in [2.45, 2.75) is 26.9 Å². The number of anilines is 2. The smallest absolute Gasteiger partial charge is 0.337 e. The average Bonchev–Trinajstić information content (AvgIpc) is 2.98. The van der Waals surface area contributed by atoms with Crippen LogP contribution in [0.4, 0.5) is 11.6 Å². The van der Waals surface area contributed by atoms with Crippen molar-refractivity contribution in [2.75, 3.05) is 22.9 Å². The third-order valence-corrected chi connectivity index (χ3v) is 7.23. The molecule has 0 atom stereocenters. The van der Waals surface area contributed by atoms with Crippen molar-refractivity contribution in [1.29, 1.82) is 0 Å². The third kappa shape index (κ3) is 8.92. The maximum absolute atomic E-state index is 11.1. The summed E-state index contributed by atoms with van der Waals surface area (Å²) < 4.78 is 1.80. The highest BCUT2D eigenvalue weighted by molar-refractivity contribution is 9.10. The summed E-state index contributed by atoms with van der Waals surface area (Å²) in [6.07, 6.45) is 2.79. The number of hydrogen-bond acceptors (Lipinski definition) is 8. The van der Waals surface area contributed by atoms with Crippen LogP contribution >= 0.6 is 31.9 Å². The van der Waals surface area contributed by atoms with Crippen molar-refractivity contribution in [3.05, 3.63) is 104 Å². The predicted octanol–water partition coefficient (Wildman–Crippen LogP) is 5.95. The van der Waals surface area contributed by atoms with E-state index in [0.717, 1.165) is 32.4 Å². The van der Waals surface area contributed by atoms with Crippen molar-refractivity contribution in [3.8, 4) is 11.5 Å². The molecule has 0 aliphatic rings. The van der Waals surface area contributed by atoms with Crippen LogP contribution in [-0.4, -0.2) is 50.3 Å². The molecule has 0 aliphatic heterocycles. The number of phenols is 2. The molecule has 4 aromatic rings. The summed E-state index contributed by atoms with van der Waals surface area (Å²) in [6, 6.07) is 17.2. The van der Waals surface area contributed by atoms with Crippen molar-refractivity contribution < 1.29 is 24.9 Å². The van der Waals surface area contributed by atoms with E-state index in [-0.39, 0.29) is 17.1 Å². The molecule has 10 nitrogen and oxygen atoms in total. The van der Waals surface area contributed by atoms with Crippen LogP contribution in [0.15, 0.2) is 82.0 Å². The van der Waals surface area contributed by atoms with Crippen LogP contribution in [0.5, 0.6) is 11.5 Å². The van der Waals surface area contributed by atoms with Crippen LogP contribution in [0, 0.1) is 0 Å². The first kappa shape index (κ1) is 32.4. The molecule has 0 unspecified atom stereocenters. The molecule has 2 heterocycles. The first-order valence-corrected chi connectivity index (χ1v) is 14.5. The number of amides is 1. The molecule has 220 valence electrons. The van der Waals surface area contributed by atoms with E-state index in [0.29, 0.717) is 31.0 Å². The van der Waals surface area contributed by atoms with E-state index in [1.54, 1.807) is 42.5 Å². The number of carbonyl (C=O) groups is 2. The van der Waals surface area contributed by atoms with Crippen molar-refractivity contribution in [1.82, 2.24) is 9.97 Å². The summed E-state index contributed by atoms with van der Waals surface area (Å²) in [5.74, 6) is 0.358. The number of carboxylic acid groups (broad SMARTS) is 1. The lowest BCUT2D eigenvalue weighted by Crippen LogP contribution is -2.23. The number of nitrogens with two attached hydrogens (primary N) is 1. The van der Waals surface area contributed by atoms with Crippen LogP contribution in [-0.2, 0) is 13.1 Å². The normalized spacial score (nSPS) is 10.4. The van der Waals surface area contributed by atoms with Gasteiger partial charge in [0.05, 0.1) is 11.1 Å². The maximum Gasteiger partial charge on any atom is 0.337 e. The van der Waals surface area contributed by atoms with Gasteiger partial charge in [-0.05, 0) is 74.5 Å². The number of benzene rings is 2. The third-order valence-electron chi connectivity index (χ3n) is 6.24. The van der Waals surface area contributed by atoms with Crippen LogP contribution in [0.1, 0.15) is 45.7 Å². The van der Waals surface area contributed by atoms with Gasteiger partial charge >= 0.3 is 5.97 Å². The predicted molar refractivity (Wildman–Crippen MR) is 169 cm³/mol. The quantitative estimate of drug-likeness (QED) is 0.157. The van der Waals surface area contributed by atoms with Crippen LogP contribution in [0.25, 0.3) is 0 Å². The van der Waals surface area contributed by atoms with Crippen LogP contribution < -0.4 is 15.5 Å². The van der Waals surface area contributed by atoms with E-state index in [4.69, 9.17) is 10.8 Å². The Morgan fingerprint density at radius 1 is 0.738 bits per heavy atom. The number of nitrogens with zero attached hydrogens (tertiary/aromatic N) is 4. The summed E-state index contributed by atoms with van der Waals surface area (Å²) in [7, 11) is 0. The topological polar surface area (TPSA) is 153 Å². The zero-order valence-electron chi connectivity index (χ0n) is 23.0. The molecule has 0 fully saturated rings. The van der Waals surface area contributed by atoms with Crippen LogP contribution in [0.2, 0.25) is 0 Å². The molecule has 2 aromatic heterocycles. The number of carboxylic acids is 1. The molecule has 0 aliphatic carbocycles. The number of phenolic OH excluding ortho intramolecular Hbond substituents is 2. The Labute approximate surface area is 260 Å². The fraction of sp³-hybridized carbons (Fsp3) is 0.200. The summed E-state index contributed by atoms with van der Waals surface area (Å²) in [6.45, 7) is 6.38. The van der Waals surface area contributed by atoms with Gasteiger partial charge in [0.15, 0.2) is 0 Å². The molecule has 0 bridgehead atoms. The molecule has 0 saturated heterocycles. The van der Waals surface area contributed by atoms with Gasteiger partial charge in [0, 0.05) is 58.6 Å². The standard InChI is InChI=1S/C15H16BrN3O2.C15H15BrN2O3/c1-2-19(9-11-7-12(16)4-5-13(11)20)14-6-3-10(8-18-14)15(17)21;1-2-18(9-11-7-12(16)4-5-13(11)19)14-6-3-10(8-17-14)15(20)21/h3-8,20H,2,9H2,1H3,(H2,17,21);3-8,19H,2,9H2,1H3,(H,20,21). The summed E-state index contributed by atoms with van der Waals surface area (Å²) in [5.41, 5.74) is 7.30. The van der Waals surface area contributed by atoms with Gasteiger partial charge in [-0.3, -0.25) is 4.79 Å². The minimum absolute atomic E-state index is 0.153. The van der Waals surface area contributed by atoms with Gasteiger partial charge in [0.25, 0.3) is 0 Å². The number of halogens is 2. The van der Waals surface area contributed by atoms with E-state index < -0.39 is 11.9 Å². The maximum atomic E-state index is 11.1. The molecular formula is C30H31Br2N5O5. The van der Waals surface area contributed by atoms with Gasteiger partial charge in [-0.2, -0.15) is 0 Å². The highest BCUT2D eigenvalue weighted by Crippen LogP contribution is 2.26. The molecule has 42 heavy (non-hydrogen) atoms. The largest absolute Gasteiger partial charge is 0.508 e. The molecule has 12 heteroatoms. The number of aromatic nitrogens is 2. The summed E-state index contributed by atoms with van der Waals surface area (Å²) in [4.78, 5) is 34.3. The van der Waals surface area contributed by atoms with E-state index in [2.05, 4.69) is 41.8 Å². The molecule has 0 saturated carbocycles. The van der Waals surface area contributed by atoms with E-state index in [1.165, 1.54) is 18.5 Å². The van der Waals surface area contributed by atoms with Gasteiger partial charge in [-0.1, -0.05) is 31.9 Å². The van der Waals surface area contributed by atoms with Gasteiger partial charge in [-0.25, -0.2) is 14.8 Å². The lowest BCUT2D eigenvalue weighted by atomic mass is 10.2. The minimum Gasteiger partial charge on any atom is -0.508 e. The molecule has 0 spiro atoms. The number of rotatable bonds is 10. The second-order valence-corrected chi connectivity index (χ2v) is 10.9. The highest BCUT2D eigenvalue weighted by atomic mass is 79.9. The Morgan fingerprint density at radius 3 is 1.50 bits per heavy atom. The zero-order chi connectivity index (χ0) is 30.8. The average molecular weight is 701 g/mol. The minimum atomic E-state index is -0.998. The Balaban J connectivity index is 0.000000230. The number of aromatic carboxylic acids is 1. The second kappa shape index (κ2) is 15.2. The Kier molecular flexibility index (Phi) is 11.7. The monoisotopic (exact) mass is 699 g/mol. The summed E-state index contributed by atoms with van der Waals surface area (Å²) >= 11 is 6.77. The second-order valence-electron chi connectivity index (χ2n) is 9.05. The van der Waals surface area contributed by atoms with Gasteiger partial charge < -0.3 is 30.9 Å². The number of aromatic hydroxyl groups is 2. The number of hydrogen-bond donors (Lipinski definition) is 4. The van der Waals surface area contributed by atoms with Crippen LogP contribution in [0.3, 0.4) is 0 Å². The number of pyridine rings is 2. The Morgan fingerprint density at radius 2 is 1.17 bits per heavy atom. The van der Waals surface area contributed by atoms with E-state index in [9.17, 15) is 19.8 Å². The fourth-order valence-corrected chi connectivity index (χ4v) is 4.72. The van der Waals surface area contributed by atoms with E-state index >= 15 is 0 Å². The number of carbonyl (C=O) groups excluding carboxylic acids is 1.